The van der Waals surface area contributed by atoms with Gasteiger partial charge in [-0.15, -0.1) is 0 Å². The van der Waals surface area contributed by atoms with Gasteiger partial charge in [0.25, 0.3) is 0 Å². The van der Waals surface area contributed by atoms with Gasteiger partial charge in [0, 0.05) is 11.1 Å². The first-order chi connectivity index (χ1) is 15.2. The lowest BCUT2D eigenvalue weighted by atomic mass is 9.84. The van der Waals surface area contributed by atoms with E-state index in [1.807, 2.05) is 0 Å². The fourth-order valence-corrected chi connectivity index (χ4v) is 4.05. The van der Waals surface area contributed by atoms with Crippen LogP contribution < -0.4 is 4.74 Å². The van der Waals surface area contributed by atoms with Gasteiger partial charge in [0.05, 0.1) is 12.5 Å². The summed E-state index contributed by atoms with van der Waals surface area (Å²) in [6, 6.07) is 11.5. The van der Waals surface area contributed by atoms with E-state index in [0.29, 0.717) is 35.1 Å². The average Bonchev–Trinajstić information content (AvgIpc) is 3.57. The monoisotopic (exact) mass is 436 g/mol. The molecule has 0 spiro atoms. The smallest absolute Gasteiger partial charge is 0.173 e. The van der Waals surface area contributed by atoms with Crippen LogP contribution >= 0.6 is 0 Å². The molecule has 0 radical (unpaired) electrons. The topological polar surface area (TPSA) is 66.8 Å². The Balaban J connectivity index is 1.73. The first-order valence-electron chi connectivity index (χ1n) is 10.1. The molecule has 0 aromatic heterocycles. The molecule has 3 aromatic rings. The predicted octanol–water partition coefficient (Wildman–Crippen LogP) is 5.67. The molecule has 0 amide bonds. The molecule has 0 saturated heterocycles. The molecule has 1 aliphatic carbocycles. The maximum atomic E-state index is 14.9. The third kappa shape index (κ3) is 3.51. The molecule has 32 heavy (non-hydrogen) atoms. The molecule has 0 unspecified atom stereocenters. The van der Waals surface area contributed by atoms with Gasteiger partial charge in [-0.05, 0) is 78.4 Å². The number of hydrogen-bond acceptors (Lipinski definition) is 4. The number of aromatic hydroxyl groups is 2. The van der Waals surface area contributed by atoms with Crippen molar-refractivity contribution in [3.63, 3.8) is 0 Å². The third-order valence-corrected chi connectivity index (χ3v) is 6.09. The average molecular weight is 436 g/mol. The van der Waals surface area contributed by atoms with E-state index in [-0.39, 0.29) is 34.2 Å². The van der Waals surface area contributed by atoms with E-state index < -0.39 is 17.0 Å². The number of hydrogen-bond donors (Lipinski definition) is 2. The zero-order chi connectivity index (χ0) is 23.2. The lowest BCUT2D eigenvalue weighted by Crippen LogP contribution is -2.21. The summed E-state index contributed by atoms with van der Waals surface area (Å²) >= 11 is 0. The number of rotatable bonds is 6. The number of allylic oxidation sites excluding steroid dienone is 1. The van der Waals surface area contributed by atoms with Crippen LogP contribution in [0.5, 0.6) is 17.2 Å². The van der Waals surface area contributed by atoms with E-state index in [1.165, 1.54) is 43.5 Å². The van der Waals surface area contributed by atoms with E-state index in [2.05, 4.69) is 6.58 Å². The molecule has 6 heteroatoms. The Morgan fingerprint density at radius 1 is 1.00 bits per heavy atom. The van der Waals surface area contributed by atoms with Crippen molar-refractivity contribution >= 4 is 11.4 Å². The van der Waals surface area contributed by atoms with Gasteiger partial charge in [0.15, 0.2) is 28.8 Å². The lowest BCUT2D eigenvalue weighted by Gasteiger charge is -2.18. The fourth-order valence-electron chi connectivity index (χ4n) is 4.05. The molecule has 0 heterocycles. The lowest BCUT2D eigenvalue weighted by molar-refractivity contribution is -0.116. The minimum Gasteiger partial charge on any atom is -0.504 e. The van der Waals surface area contributed by atoms with Crippen LogP contribution in [0.15, 0.2) is 55.1 Å². The maximum absolute atomic E-state index is 14.9. The van der Waals surface area contributed by atoms with Crippen LogP contribution in [-0.4, -0.2) is 23.1 Å². The fraction of sp³-hybridized carbons (Fsp3) is 0.192. The van der Waals surface area contributed by atoms with Crippen molar-refractivity contribution in [2.45, 2.75) is 25.2 Å². The Morgan fingerprint density at radius 2 is 1.72 bits per heavy atom. The van der Waals surface area contributed by atoms with Gasteiger partial charge in [0.1, 0.15) is 5.82 Å². The molecule has 4 rings (SSSR count). The van der Waals surface area contributed by atoms with Crippen molar-refractivity contribution in [2.24, 2.45) is 0 Å². The van der Waals surface area contributed by atoms with E-state index in [9.17, 15) is 23.8 Å². The number of aryl methyl sites for hydroxylation is 1. The van der Waals surface area contributed by atoms with Gasteiger partial charge >= 0.3 is 0 Å². The summed E-state index contributed by atoms with van der Waals surface area (Å²) in [5, 5.41) is 19.4. The number of carbonyl (C=O) groups is 1. The molecular weight excluding hydrogens is 414 g/mol. The normalized spacial score (nSPS) is 14.1. The Hall–Kier alpha value is -3.67. The highest BCUT2D eigenvalue weighted by atomic mass is 19.1. The quantitative estimate of drug-likeness (QED) is 0.386. The second-order valence-electron chi connectivity index (χ2n) is 8.09. The Morgan fingerprint density at radius 3 is 2.31 bits per heavy atom. The standard InChI is InChI=1S/C26H22F2O4/c1-14-10-20(27)19(13-18(14)16-4-7-24(32-3)21(28)11-16)15(2)25(31)26(8-9-26)17-5-6-22(29)23(30)12-17/h4-7,10-13,29-30H,2,8-9H2,1,3H3. The number of phenolic OH excluding ortho intramolecular Hbond substituents is 2. The van der Waals surface area contributed by atoms with Gasteiger partial charge in [-0.25, -0.2) is 8.78 Å². The minimum absolute atomic E-state index is 0.00259. The van der Waals surface area contributed by atoms with Gasteiger partial charge in [-0.1, -0.05) is 18.7 Å². The molecule has 0 bridgehead atoms. The van der Waals surface area contributed by atoms with E-state index in [0.717, 1.165) is 0 Å². The van der Waals surface area contributed by atoms with Crippen molar-refractivity contribution in [3.8, 4) is 28.4 Å². The van der Waals surface area contributed by atoms with E-state index in [4.69, 9.17) is 4.74 Å². The maximum Gasteiger partial charge on any atom is 0.173 e. The number of ketones is 1. The van der Waals surface area contributed by atoms with Gasteiger partial charge in [-0.2, -0.15) is 0 Å². The van der Waals surface area contributed by atoms with Crippen molar-refractivity contribution in [1.29, 1.82) is 0 Å². The van der Waals surface area contributed by atoms with Crippen molar-refractivity contribution in [2.75, 3.05) is 7.11 Å². The number of halogens is 2. The van der Waals surface area contributed by atoms with Crippen LogP contribution in [0.3, 0.4) is 0 Å². The highest BCUT2D eigenvalue weighted by Crippen LogP contribution is 2.52. The molecule has 0 aliphatic heterocycles. The molecule has 2 N–H and O–H groups in total. The number of benzene rings is 3. The van der Waals surface area contributed by atoms with E-state index >= 15 is 0 Å². The summed E-state index contributed by atoms with van der Waals surface area (Å²) in [6.07, 6.45) is 1.05. The van der Waals surface area contributed by atoms with Gasteiger partial charge in [0.2, 0.25) is 0 Å². The van der Waals surface area contributed by atoms with Crippen molar-refractivity contribution in [1.82, 2.24) is 0 Å². The minimum atomic E-state index is -0.911. The molecule has 0 atom stereocenters. The second kappa shape index (κ2) is 7.79. The Labute approximate surface area is 184 Å². The van der Waals surface area contributed by atoms with Crippen LogP contribution in [0.1, 0.15) is 29.5 Å². The van der Waals surface area contributed by atoms with Crippen molar-refractivity contribution < 1.29 is 28.5 Å². The molecule has 1 saturated carbocycles. The summed E-state index contributed by atoms with van der Waals surface area (Å²) in [5.41, 5.74) is 1.36. The molecule has 1 fully saturated rings. The highest BCUT2D eigenvalue weighted by molar-refractivity contribution is 6.26. The van der Waals surface area contributed by atoms with E-state index in [1.54, 1.807) is 19.1 Å². The first kappa shape index (κ1) is 21.6. The van der Waals surface area contributed by atoms with Crippen LogP contribution in [0.2, 0.25) is 0 Å². The number of ether oxygens (including phenoxy) is 1. The number of phenols is 2. The van der Waals surface area contributed by atoms with Crippen LogP contribution in [0, 0.1) is 18.6 Å². The van der Waals surface area contributed by atoms with Crippen LogP contribution in [0.25, 0.3) is 16.7 Å². The molecule has 1 aliphatic rings. The number of Topliss-reactive ketones (excluding diaryl/α,β-unsaturated/α-hetero) is 1. The summed E-state index contributed by atoms with van der Waals surface area (Å²) in [4.78, 5) is 13.4. The summed E-state index contributed by atoms with van der Waals surface area (Å²) < 4.78 is 34.1. The molecular formula is C26H22F2O4. The first-order valence-corrected chi connectivity index (χ1v) is 10.1. The molecule has 4 nitrogen and oxygen atoms in total. The summed E-state index contributed by atoms with van der Waals surface area (Å²) in [7, 11) is 1.37. The van der Waals surface area contributed by atoms with Gasteiger partial charge in [-0.3, -0.25) is 4.79 Å². The third-order valence-electron chi connectivity index (χ3n) is 6.09. The zero-order valence-corrected chi connectivity index (χ0v) is 17.7. The van der Waals surface area contributed by atoms with Gasteiger partial charge < -0.3 is 14.9 Å². The van der Waals surface area contributed by atoms with Crippen LogP contribution in [-0.2, 0) is 10.2 Å². The Kier molecular flexibility index (Phi) is 5.25. The summed E-state index contributed by atoms with van der Waals surface area (Å²) in [6.45, 7) is 5.58. The molecule has 3 aromatic carbocycles. The zero-order valence-electron chi connectivity index (χ0n) is 17.7. The van der Waals surface area contributed by atoms with Crippen LogP contribution in [0.4, 0.5) is 8.78 Å². The highest BCUT2D eigenvalue weighted by Gasteiger charge is 2.52. The second-order valence-corrected chi connectivity index (χ2v) is 8.09. The largest absolute Gasteiger partial charge is 0.504 e. The molecule has 164 valence electrons. The summed E-state index contributed by atoms with van der Waals surface area (Å²) in [5.74, 6) is -2.00. The predicted molar refractivity (Wildman–Crippen MR) is 118 cm³/mol. The number of methoxy groups -OCH3 is 1. The Bertz CT molecular complexity index is 1260. The van der Waals surface area contributed by atoms with Crippen molar-refractivity contribution in [3.05, 3.63) is 83.4 Å². The number of carbonyl (C=O) groups excluding carboxylic acids is 1. The SMILES string of the molecule is C=C(C(=O)C1(c2ccc(O)c(O)c2)CC1)c1cc(-c2ccc(OC)c(F)c2)c(C)cc1F.